The number of anilines is 1. The van der Waals surface area contributed by atoms with Crippen LogP contribution in [0.5, 0.6) is 0 Å². The molecule has 126 valence electrons. The maximum Gasteiger partial charge on any atom is 0.186 e. The molecule has 0 amide bonds. The Morgan fingerprint density at radius 1 is 0.909 bits per heavy atom. The average Bonchev–Trinajstić information content (AvgIpc) is 2.55. The summed E-state index contributed by atoms with van der Waals surface area (Å²) in [4.78, 5) is 2.22. The van der Waals surface area contributed by atoms with Crippen LogP contribution in [0.1, 0.15) is 39.4 Å². The number of hydrogen-bond donors (Lipinski definition) is 2. The van der Waals surface area contributed by atoms with Gasteiger partial charge in [0.15, 0.2) is 6.29 Å². The molecule has 1 rings (SSSR count). The number of rotatable bonds is 10. The molecule has 1 aromatic carbocycles. The third-order valence-corrected chi connectivity index (χ3v) is 3.63. The van der Waals surface area contributed by atoms with Gasteiger partial charge in [-0.15, -0.1) is 0 Å². The van der Waals surface area contributed by atoms with Crippen molar-refractivity contribution in [1.82, 2.24) is 0 Å². The van der Waals surface area contributed by atoms with Gasteiger partial charge in [0.25, 0.3) is 0 Å². The smallest absolute Gasteiger partial charge is 0.186 e. The molecular weight excluding hydrogens is 282 g/mol. The first-order valence-corrected chi connectivity index (χ1v) is 8.03. The molecule has 1 aromatic rings. The van der Waals surface area contributed by atoms with E-state index in [1.54, 1.807) is 0 Å². The van der Waals surface area contributed by atoms with Crippen LogP contribution < -0.4 is 4.90 Å². The fourth-order valence-electron chi connectivity index (χ4n) is 2.39. The topological polar surface area (TPSA) is 62.2 Å². The Kier molecular flexibility index (Phi) is 8.42. The summed E-state index contributed by atoms with van der Waals surface area (Å²) in [7, 11) is 0. The SMILES string of the molecule is CCOC(OCC)[C@H](O)[C@H](O)c1ccc(N(CC)CC)cc1. The van der Waals surface area contributed by atoms with E-state index in [1.165, 1.54) is 0 Å². The standard InChI is InChI=1S/C17H29NO4/c1-5-18(6-2)14-11-9-13(10-12-14)15(19)16(20)17(21-7-3)22-8-4/h9-12,15-17,19-20H,5-8H2,1-4H3/t15-,16-/m1/s1. The van der Waals surface area contributed by atoms with Crippen molar-refractivity contribution in [3.05, 3.63) is 29.8 Å². The third-order valence-electron chi connectivity index (χ3n) is 3.63. The molecule has 0 saturated heterocycles. The maximum atomic E-state index is 10.3. The molecule has 0 spiro atoms. The van der Waals surface area contributed by atoms with Crippen molar-refractivity contribution < 1.29 is 19.7 Å². The Morgan fingerprint density at radius 2 is 1.41 bits per heavy atom. The van der Waals surface area contributed by atoms with Gasteiger partial charge in [-0.05, 0) is 45.4 Å². The molecule has 0 unspecified atom stereocenters. The van der Waals surface area contributed by atoms with E-state index in [9.17, 15) is 10.2 Å². The molecular formula is C17H29NO4. The van der Waals surface area contributed by atoms with Gasteiger partial charge in [0.2, 0.25) is 0 Å². The van der Waals surface area contributed by atoms with Crippen molar-refractivity contribution in [2.24, 2.45) is 0 Å². The van der Waals surface area contributed by atoms with E-state index in [-0.39, 0.29) is 0 Å². The molecule has 0 radical (unpaired) electrons. The van der Waals surface area contributed by atoms with Crippen molar-refractivity contribution in [1.29, 1.82) is 0 Å². The van der Waals surface area contributed by atoms with Gasteiger partial charge in [-0.2, -0.15) is 0 Å². The fourth-order valence-corrected chi connectivity index (χ4v) is 2.39. The summed E-state index contributed by atoms with van der Waals surface area (Å²) < 4.78 is 10.7. The highest BCUT2D eigenvalue weighted by atomic mass is 16.7. The zero-order valence-electron chi connectivity index (χ0n) is 14.0. The highest BCUT2D eigenvalue weighted by Crippen LogP contribution is 2.24. The summed E-state index contributed by atoms with van der Waals surface area (Å²) in [6.07, 6.45) is -3.00. The lowest BCUT2D eigenvalue weighted by Gasteiger charge is -2.27. The molecule has 5 nitrogen and oxygen atoms in total. The molecule has 0 bridgehead atoms. The molecule has 2 N–H and O–H groups in total. The first-order valence-electron chi connectivity index (χ1n) is 8.03. The molecule has 5 heteroatoms. The van der Waals surface area contributed by atoms with Crippen LogP contribution in [0.4, 0.5) is 5.69 Å². The average molecular weight is 311 g/mol. The molecule has 0 aliphatic heterocycles. The van der Waals surface area contributed by atoms with Crippen LogP contribution in [0.2, 0.25) is 0 Å². The second-order valence-corrected chi connectivity index (χ2v) is 4.98. The maximum absolute atomic E-state index is 10.3. The van der Waals surface area contributed by atoms with Crippen molar-refractivity contribution in [3.63, 3.8) is 0 Å². The summed E-state index contributed by atoms with van der Waals surface area (Å²) in [6, 6.07) is 7.57. The van der Waals surface area contributed by atoms with E-state index in [0.29, 0.717) is 18.8 Å². The zero-order valence-corrected chi connectivity index (χ0v) is 14.0. The van der Waals surface area contributed by atoms with Gasteiger partial charge >= 0.3 is 0 Å². The minimum Gasteiger partial charge on any atom is -0.385 e. The number of aliphatic hydroxyl groups is 2. The van der Waals surface area contributed by atoms with Crippen molar-refractivity contribution >= 4 is 5.69 Å². The van der Waals surface area contributed by atoms with Gasteiger partial charge < -0.3 is 24.6 Å². The van der Waals surface area contributed by atoms with Crippen LogP contribution in [-0.2, 0) is 9.47 Å². The van der Waals surface area contributed by atoms with Gasteiger partial charge in [0.1, 0.15) is 12.2 Å². The number of benzene rings is 1. The lowest BCUT2D eigenvalue weighted by atomic mass is 10.0. The lowest BCUT2D eigenvalue weighted by Crippen LogP contribution is -2.36. The largest absolute Gasteiger partial charge is 0.385 e. The number of hydrogen-bond acceptors (Lipinski definition) is 5. The summed E-state index contributed by atoms with van der Waals surface area (Å²) in [5.41, 5.74) is 1.74. The van der Waals surface area contributed by atoms with Crippen LogP contribution in [-0.4, -0.2) is 48.9 Å². The first kappa shape index (κ1) is 18.9. The molecule has 22 heavy (non-hydrogen) atoms. The van der Waals surface area contributed by atoms with E-state index < -0.39 is 18.5 Å². The summed E-state index contributed by atoms with van der Waals surface area (Å²) in [5.74, 6) is 0. The monoisotopic (exact) mass is 311 g/mol. The molecule has 0 aliphatic carbocycles. The number of ether oxygens (including phenoxy) is 2. The summed E-state index contributed by atoms with van der Waals surface area (Å²) in [6.45, 7) is 10.5. The predicted molar refractivity (Wildman–Crippen MR) is 88.0 cm³/mol. The predicted octanol–water partition coefficient (Wildman–Crippen LogP) is 2.33. The Morgan fingerprint density at radius 3 is 1.82 bits per heavy atom. The molecule has 0 saturated carbocycles. The molecule has 0 fully saturated rings. The summed E-state index contributed by atoms with van der Waals surface area (Å²) >= 11 is 0. The highest BCUT2D eigenvalue weighted by molar-refractivity contribution is 5.47. The van der Waals surface area contributed by atoms with Crippen LogP contribution in [0, 0.1) is 0 Å². The Balaban J connectivity index is 2.81. The number of nitrogens with zero attached hydrogens (tertiary/aromatic N) is 1. The van der Waals surface area contributed by atoms with Crippen LogP contribution >= 0.6 is 0 Å². The van der Waals surface area contributed by atoms with Gasteiger partial charge in [0, 0.05) is 32.0 Å². The Bertz CT molecular complexity index is 400. The van der Waals surface area contributed by atoms with E-state index in [4.69, 9.17) is 9.47 Å². The van der Waals surface area contributed by atoms with Crippen LogP contribution in [0.25, 0.3) is 0 Å². The zero-order chi connectivity index (χ0) is 16.5. The Hall–Kier alpha value is -1.14. The normalized spacial score (nSPS) is 14.1. The van der Waals surface area contributed by atoms with Gasteiger partial charge in [-0.1, -0.05) is 12.1 Å². The minimum absolute atomic E-state index is 0.412. The fraction of sp³-hybridized carbons (Fsp3) is 0.647. The van der Waals surface area contributed by atoms with Gasteiger partial charge in [0.05, 0.1) is 0 Å². The van der Waals surface area contributed by atoms with E-state index >= 15 is 0 Å². The molecule has 0 heterocycles. The first-order chi connectivity index (χ1) is 10.6. The second kappa shape index (κ2) is 9.79. The van der Waals surface area contributed by atoms with E-state index in [0.717, 1.165) is 18.8 Å². The quantitative estimate of drug-likeness (QED) is 0.649. The van der Waals surface area contributed by atoms with Crippen molar-refractivity contribution in [2.45, 2.75) is 46.2 Å². The lowest BCUT2D eigenvalue weighted by molar-refractivity contribution is -0.212. The van der Waals surface area contributed by atoms with Gasteiger partial charge in [-0.3, -0.25) is 0 Å². The van der Waals surface area contributed by atoms with Crippen molar-refractivity contribution in [2.75, 3.05) is 31.2 Å². The third kappa shape index (κ3) is 4.95. The van der Waals surface area contributed by atoms with Crippen LogP contribution in [0.3, 0.4) is 0 Å². The summed E-state index contributed by atoms with van der Waals surface area (Å²) in [5, 5.41) is 20.6. The second-order valence-electron chi connectivity index (χ2n) is 4.98. The highest BCUT2D eigenvalue weighted by Gasteiger charge is 2.28. The van der Waals surface area contributed by atoms with E-state index in [1.807, 2.05) is 38.1 Å². The van der Waals surface area contributed by atoms with Gasteiger partial charge in [-0.25, -0.2) is 0 Å². The molecule has 2 atom stereocenters. The van der Waals surface area contributed by atoms with Crippen LogP contribution in [0.15, 0.2) is 24.3 Å². The molecule has 0 aromatic heterocycles. The van der Waals surface area contributed by atoms with E-state index in [2.05, 4.69) is 18.7 Å². The van der Waals surface area contributed by atoms with Crippen molar-refractivity contribution in [3.8, 4) is 0 Å². The molecule has 0 aliphatic rings. The number of aliphatic hydroxyl groups excluding tert-OH is 2. The minimum atomic E-state index is -1.13. The Labute approximate surface area is 133 Å².